The molecule has 0 amide bonds. The van der Waals surface area contributed by atoms with Gasteiger partial charge in [0.25, 0.3) is 5.69 Å². The fourth-order valence-electron chi connectivity index (χ4n) is 2.41. The van der Waals surface area contributed by atoms with Crippen molar-refractivity contribution in [1.29, 1.82) is 0 Å². The summed E-state index contributed by atoms with van der Waals surface area (Å²) in [6.45, 7) is 8.58. The second kappa shape index (κ2) is 8.65. The van der Waals surface area contributed by atoms with Crippen LogP contribution in [0.5, 0.6) is 0 Å². The molecule has 9 heteroatoms. The van der Waals surface area contributed by atoms with Crippen molar-refractivity contribution in [3.8, 4) is 0 Å². The van der Waals surface area contributed by atoms with E-state index in [9.17, 15) is 10.1 Å². The first kappa shape index (κ1) is 20.4. The van der Waals surface area contributed by atoms with Crippen molar-refractivity contribution in [3.63, 3.8) is 0 Å². The summed E-state index contributed by atoms with van der Waals surface area (Å²) in [6.07, 6.45) is 3.49. The van der Waals surface area contributed by atoms with Crippen LogP contribution >= 0.6 is 0 Å². The Balaban J connectivity index is 1.90. The number of rotatable bonds is 9. The molecule has 0 aliphatic heterocycles. The van der Waals surface area contributed by atoms with Gasteiger partial charge < -0.3 is 13.0 Å². The highest BCUT2D eigenvalue weighted by Crippen LogP contribution is 2.21. The summed E-state index contributed by atoms with van der Waals surface area (Å²) in [5, 5.41) is 10.9. The summed E-state index contributed by atoms with van der Waals surface area (Å²) in [5.74, 6) is 0. The Morgan fingerprint density at radius 3 is 2.19 bits per heavy atom. The van der Waals surface area contributed by atoms with E-state index in [4.69, 9.17) is 13.0 Å². The third-order valence-corrected chi connectivity index (χ3v) is 9.12. The van der Waals surface area contributed by atoms with Crippen molar-refractivity contribution in [2.75, 3.05) is 0 Å². The van der Waals surface area contributed by atoms with Crippen molar-refractivity contribution in [2.45, 2.75) is 39.4 Å². The Labute approximate surface area is 155 Å². The van der Waals surface area contributed by atoms with Crippen LogP contribution in [0.1, 0.15) is 11.1 Å². The zero-order chi connectivity index (χ0) is 19.2. The monoisotopic (exact) mass is 392 g/mol. The first-order valence-electron chi connectivity index (χ1n) is 8.27. The van der Waals surface area contributed by atoms with Crippen molar-refractivity contribution in [3.05, 3.63) is 70.0 Å². The van der Waals surface area contributed by atoms with Gasteiger partial charge in [0.05, 0.1) is 18.1 Å². The lowest BCUT2D eigenvalue weighted by Crippen LogP contribution is -2.48. The van der Waals surface area contributed by atoms with Gasteiger partial charge in [-0.05, 0) is 43.4 Å². The molecule has 1 aromatic heterocycles. The lowest BCUT2D eigenvalue weighted by atomic mass is 10.2. The Kier molecular flexibility index (Phi) is 6.78. The predicted octanol–water partition coefficient (Wildman–Crippen LogP) is 4.14. The fraction of sp³-hybridized carbons (Fsp3) is 0.353. The molecule has 0 aliphatic rings. The summed E-state index contributed by atoms with van der Waals surface area (Å²) >= 11 is 0. The van der Waals surface area contributed by atoms with Crippen LogP contribution in [-0.2, 0) is 26.2 Å². The highest BCUT2D eigenvalue weighted by atomic mass is 28.5. The number of nitrogens with zero attached hydrogens (tertiary/aromatic N) is 2. The second-order valence-corrected chi connectivity index (χ2v) is 13.8. The van der Waals surface area contributed by atoms with Gasteiger partial charge in [0, 0.05) is 24.5 Å². The number of non-ortho nitro benzene ring substituents is 1. The molecule has 7 nitrogen and oxygen atoms in total. The normalized spacial score (nSPS) is 12.2. The molecule has 0 bridgehead atoms. The molecule has 0 atom stereocenters. The van der Waals surface area contributed by atoms with Crippen LogP contribution in [0.4, 0.5) is 5.69 Å². The van der Waals surface area contributed by atoms with E-state index in [0.717, 1.165) is 11.1 Å². The zero-order valence-corrected chi connectivity index (χ0v) is 17.5. The van der Waals surface area contributed by atoms with Gasteiger partial charge in [0.15, 0.2) is 0 Å². The van der Waals surface area contributed by atoms with Gasteiger partial charge in [-0.1, -0.05) is 18.2 Å². The molecule has 0 aliphatic carbocycles. The SMILES string of the molecule is C[Si](C)(OCc1cccnc1)O[Si](C)(C)OCc1cccc([N+](=O)[O-])c1. The highest BCUT2D eigenvalue weighted by Gasteiger charge is 2.36. The van der Waals surface area contributed by atoms with Gasteiger partial charge in [-0.15, -0.1) is 0 Å². The van der Waals surface area contributed by atoms with Crippen LogP contribution in [0.25, 0.3) is 0 Å². The largest absolute Gasteiger partial charge is 0.415 e. The zero-order valence-electron chi connectivity index (χ0n) is 15.5. The van der Waals surface area contributed by atoms with Crippen molar-refractivity contribution < 1.29 is 17.9 Å². The Bertz CT molecular complexity index is 741. The minimum atomic E-state index is -2.45. The summed E-state index contributed by atoms with van der Waals surface area (Å²) in [7, 11) is -4.84. The number of hydrogen-bond acceptors (Lipinski definition) is 6. The van der Waals surface area contributed by atoms with Crippen LogP contribution in [0, 0.1) is 10.1 Å². The standard InChI is InChI=1S/C17H24N2O5Si2/c1-25(2,22-13-15-7-5-9-17(11-15)19(20)21)24-26(3,4)23-14-16-8-6-10-18-12-16/h5-12H,13-14H2,1-4H3. The van der Waals surface area contributed by atoms with Crippen molar-refractivity contribution >= 4 is 22.8 Å². The third kappa shape index (κ3) is 6.77. The van der Waals surface area contributed by atoms with Crippen LogP contribution < -0.4 is 0 Å². The Morgan fingerprint density at radius 1 is 1.00 bits per heavy atom. The van der Waals surface area contributed by atoms with Gasteiger partial charge in [-0.2, -0.15) is 0 Å². The average Bonchev–Trinajstić information content (AvgIpc) is 2.59. The minimum absolute atomic E-state index is 0.0565. The van der Waals surface area contributed by atoms with Gasteiger partial charge in [-0.3, -0.25) is 15.1 Å². The lowest BCUT2D eigenvalue weighted by molar-refractivity contribution is -0.384. The molecular weight excluding hydrogens is 368 g/mol. The molecule has 1 heterocycles. The Morgan fingerprint density at radius 2 is 1.62 bits per heavy atom. The smallest absolute Gasteiger partial charge is 0.323 e. The Hall–Kier alpha value is -1.92. The van der Waals surface area contributed by atoms with Gasteiger partial charge in [0.2, 0.25) is 0 Å². The van der Waals surface area contributed by atoms with E-state index in [1.807, 2.05) is 38.3 Å². The van der Waals surface area contributed by atoms with E-state index in [2.05, 4.69) is 4.98 Å². The van der Waals surface area contributed by atoms with Gasteiger partial charge in [0.1, 0.15) is 0 Å². The second-order valence-electron chi connectivity index (χ2n) is 6.77. The average molecular weight is 393 g/mol. The molecule has 26 heavy (non-hydrogen) atoms. The van der Waals surface area contributed by atoms with E-state index in [0.29, 0.717) is 6.61 Å². The molecule has 0 fully saturated rings. The molecule has 0 unspecified atom stereocenters. The molecular formula is C17H24N2O5Si2. The van der Waals surface area contributed by atoms with E-state index in [1.165, 1.54) is 12.1 Å². The maximum atomic E-state index is 10.9. The summed E-state index contributed by atoms with van der Waals surface area (Å²) in [4.78, 5) is 14.5. The van der Waals surface area contributed by atoms with E-state index in [1.54, 1.807) is 24.5 Å². The van der Waals surface area contributed by atoms with E-state index in [-0.39, 0.29) is 12.3 Å². The quantitative estimate of drug-likeness (QED) is 0.362. The molecule has 0 saturated heterocycles. The summed E-state index contributed by atoms with van der Waals surface area (Å²) in [5.41, 5.74) is 1.80. The van der Waals surface area contributed by atoms with E-state index < -0.39 is 22.0 Å². The molecule has 0 spiro atoms. The van der Waals surface area contributed by atoms with Crippen molar-refractivity contribution in [2.24, 2.45) is 0 Å². The first-order chi connectivity index (χ1) is 12.2. The van der Waals surface area contributed by atoms with Gasteiger partial charge >= 0.3 is 17.1 Å². The van der Waals surface area contributed by atoms with Gasteiger partial charge in [-0.25, -0.2) is 0 Å². The van der Waals surface area contributed by atoms with Crippen LogP contribution in [0.15, 0.2) is 48.8 Å². The van der Waals surface area contributed by atoms with Crippen LogP contribution in [0.3, 0.4) is 0 Å². The number of pyridine rings is 1. The van der Waals surface area contributed by atoms with Crippen LogP contribution in [0.2, 0.25) is 26.2 Å². The number of nitro groups is 1. The summed E-state index contributed by atoms with van der Waals surface area (Å²) in [6, 6.07) is 10.3. The first-order valence-corrected chi connectivity index (χ1v) is 13.9. The topological polar surface area (TPSA) is 83.7 Å². The number of benzene rings is 1. The number of aromatic nitrogens is 1. The fourth-order valence-corrected chi connectivity index (χ4v) is 8.64. The highest BCUT2D eigenvalue weighted by molar-refractivity contribution is 6.78. The third-order valence-electron chi connectivity index (χ3n) is 3.51. The summed E-state index contributed by atoms with van der Waals surface area (Å²) < 4.78 is 18.2. The maximum Gasteiger partial charge on any atom is 0.323 e. The van der Waals surface area contributed by atoms with Crippen LogP contribution in [-0.4, -0.2) is 27.0 Å². The molecule has 2 rings (SSSR count). The lowest BCUT2D eigenvalue weighted by Gasteiger charge is -2.32. The van der Waals surface area contributed by atoms with Crippen molar-refractivity contribution in [1.82, 2.24) is 4.98 Å². The molecule has 2 aromatic rings. The number of nitro benzene ring substituents is 1. The predicted molar refractivity (Wildman–Crippen MR) is 103 cm³/mol. The molecule has 0 N–H and O–H groups in total. The minimum Gasteiger partial charge on any atom is -0.415 e. The molecule has 0 saturated carbocycles. The molecule has 140 valence electrons. The van der Waals surface area contributed by atoms with E-state index >= 15 is 0 Å². The maximum absolute atomic E-state index is 10.9. The molecule has 0 radical (unpaired) electrons. The number of hydrogen-bond donors (Lipinski definition) is 0. The molecule has 1 aromatic carbocycles.